The number of fused-ring (bicyclic) bond motifs is 1. The van der Waals surface area contributed by atoms with E-state index in [-0.39, 0.29) is 30.7 Å². The smallest absolute Gasteiger partial charge is 0.243 e. The molecule has 1 heterocycles. The van der Waals surface area contributed by atoms with Gasteiger partial charge in [-0.05, 0) is 31.2 Å². The number of aryl methyl sites for hydroxylation is 1. The van der Waals surface area contributed by atoms with E-state index in [2.05, 4.69) is 10.6 Å². The minimum atomic E-state index is -0.505. The van der Waals surface area contributed by atoms with Crippen LogP contribution in [0.5, 0.6) is 0 Å². The van der Waals surface area contributed by atoms with E-state index in [1.54, 1.807) is 7.05 Å². The molecule has 2 aromatic carbocycles. The molecule has 0 saturated heterocycles. The van der Waals surface area contributed by atoms with Crippen LogP contribution >= 0.6 is 11.8 Å². The molecule has 0 aromatic heterocycles. The summed E-state index contributed by atoms with van der Waals surface area (Å²) in [6, 6.07) is 14.9. The first-order valence-corrected chi connectivity index (χ1v) is 9.47. The molecule has 0 spiro atoms. The zero-order chi connectivity index (χ0) is 19.4. The van der Waals surface area contributed by atoms with Crippen molar-refractivity contribution >= 4 is 40.9 Å². The second-order valence-corrected chi connectivity index (χ2v) is 7.70. The molecule has 27 heavy (non-hydrogen) atoms. The van der Waals surface area contributed by atoms with E-state index >= 15 is 0 Å². The van der Waals surface area contributed by atoms with Crippen molar-refractivity contribution in [2.45, 2.75) is 23.5 Å². The molecule has 140 valence electrons. The lowest BCUT2D eigenvalue weighted by molar-refractivity contribution is -0.134. The number of amides is 3. The number of para-hydroxylation sites is 1. The second-order valence-electron chi connectivity index (χ2n) is 6.46. The summed E-state index contributed by atoms with van der Waals surface area (Å²) >= 11 is 1.37. The third-order valence-electron chi connectivity index (χ3n) is 4.21. The minimum Gasteiger partial charge on any atom is -0.336 e. The van der Waals surface area contributed by atoms with Gasteiger partial charge in [-0.15, -0.1) is 11.8 Å². The van der Waals surface area contributed by atoms with Crippen LogP contribution in [0, 0.1) is 6.92 Å². The number of thioether (sulfide) groups is 1. The third-order valence-corrected chi connectivity index (χ3v) is 5.48. The zero-order valence-corrected chi connectivity index (χ0v) is 16.0. The topological polar surface area (TPSA) is 78.5 Å². The number of likely N-dealkylation sites (N-methyl/N-ethyl adjacent to an activating group) is 1. The summed E-state index contributed by atoms with van der Waals surface area (Å²) in [6.45, 7) is 1.90. The third kappa shape index (κ3) is 4.89. The van der Waals surface area contributed by atoms with E-state index in [4.69, 9.17) is 0 Å². The molecule has 2 N–H and O–H groups in total. The summed E-state index contributed by atoms with van der Waals surface area (Å²) < 4.78 is 0. The summed E-state index contributed by atoms with van der Waals surface area (Å²) in [7, 11) is 1.57. The van der Waals surface area contributed by atoms with Crippen molar-refractivity contribution in [3.05, 3.63) is 54.1 Å². The maximum Gasteiger partial charge on any atom is 0.243 e. The Kier molecular flexibility index (Phi) is 5.81. The molecule has 6 nitrogen and oxygen atoms in total. The number of rotatable bonds is 5. The van der Waals surface area contributed by atoms with E-state index < -0.39 is 5.25 Å². The maximum atomic E-state index is 12.5. The monoisotopic (exact) mass is 383 g/mol. The number of nitrogens with one attached hydrogen (secondary N) is 2. The number of carbonyl (C=O) groups is 3. The highest BCUT2D eigenvalue weighted by molar-refractivity contribution is 8.01. The molecule has 1 aliphatic rings. The Morgan fingerprint density at radius 3 is 2.59 bits per heavy atom. The fourth-order valence-electron chi connectivity index (χ4n) is 2.68. The molecule has 0 bridgehead atoms. The molecule has 0 aliphatic carbocycles. The molecular formula is C20H21N3O3S. The summed E-state index contributed by atoms with van der Waals surface area (Å²) in [6.07, 6.45) is 0.0408. The molecule has 1 aliphatic heterocycles. The van der Waals surface area contributed by atoms with Crippen LogP contribution in [0.4, 0.5) is 11.4 Å². The Balaban J connectivity index is 1.54. The molecule has 0 radical (unpaired) electrons. The molecule has 3 amide bonds. The summed E-state index contributed by atoms with van der Waals surface area (Å²) in [4.78, 5) is 39.1. The predicted octanol–water partition coefficient (Wildman–Crippen LogP) is 2.90. The number of hydrogen-bond donors (Lipinski definition) is 2. The number of carbonyl (C=O) groups excluding carboxylic acids is 3. The van der Waals surface area contributed by atoms with E-state index in [0.29, 0.717) is 5.69 Å². The van der Waals surface area contributed by atoms with Crippen molar-refractivity contribution in [1.29, 1.82) is 0 Å². The van der Waals surface area contributed by atoms with Crippen molar-refractivity contribution < 1.29 is 14.4 Å². The summed E-state index contributed by atoms with van der Waals surface area (Å²) in [5.41, 5.74) is 2.55. The van der Waals surface area contributed by atoms with Crippen molar-refractivity contribution in [2.24, 2.45) is 0 Å². The highest BCUT2D eigenvalue weighted by Crippen LogP contribution is 2.36. The van der Waals surface area contributed by atoms with Gasteiger partial charge in [0.2, 0.25) is 17.7 Å². The number of anilines is 2. The van der Waals surface area contributed by atoms with Crippen LogP contribution in [-0.2, 0) is 14.4 Å². The fraction of sp³-hybridized carbons (Fsp3) is 0.250. The summed E-state index contributed by atoms with van der Waals surface area (Å²) in [5.74, 6) is -0.716. The molecule has 0 saturated carbocycles. The van der Waals surface area contributed by atoms with Crippen molar-refractivity contribution in [3.8, 4) is 0 Å². The van der Waals surface area contributed by atoms with Crippen LogP contribution in [0.3, 0.4) is 0 Å². The van der Waals surface area contributed by atoms with Gasteiger partial charge in [-0.25, -0.2) is 0 Å². The van der Waals surface area contributed by atoms with Gasteiger partial charge in [0, 0.05) is 24.1 Å². The Hall–Kier alpha value is -2.80. The lowest BCUT2D eigenvalue weighted by Crippen LogP contribution is -2.39. The van der Waals surface area contributed by atoms with E-state index in [0.717, 1.165) is 16.1 Å². The van der Waals surface area contributed by atoms with Gasteiger partial charge in [-0.2, -0.15) is 0 Å². The second kappa shape index (κ2) is 8.26. The largest absolute Gasteiger partial charge is 0.336 e. The average molecular weight is 383 g/mol. The molecule has 0 fully saturated rings. The zero-order valence-electron chi connectivity index (χ0n) is 15.2. The van der Waals surface area contributed by atoms with Crippen molar-refractivity contribution in [2.75, 3.05) is 24.2 Å². The maximum absolute atomic E-state index is 12.5. The quantitative estimate of drug-likeness (QED) is 0.832. The Bertz CT molecular complexity index is 867. The molecule has 7 heteroatoms. The van der Waals surface area contributed by atoms with Crippen molar-refractivity contribution in [3.63, 3.8) is 0 Å². The van der Waals surface area contributed by atoms with Crippen LogP contribution in [-0.4, -0.2) is 41.5 Å². The van der Waals surface area contributed by atoms with Crippen LogP contribution in [0.15, 0.2) is 53.4 Å². The van der Waals surface area contributed by atoms with Gasteiger partial charge in [-0.3, -0.25) is 14.4 Å². The number of hydrogen-bond acceptors (Lipinski definition) is 4. The highest BCUT2D eigenvalue weighted by atomic mass is 32.2. The predicted molar refractivity (Wildman–Crippen MR) is 107 cm³/mol. The normalized spacial score (nSPS) is 15.5. The van der Waals surface area contributed by atoms with E-state index in [9.17, 15) is 14.4 Å². The molecule has 2 aromatic rings. The molecular weight excluding hydrogens is 362 g/mol. The van der Waals surface area contributed by atoms with Gasteiger partial charge < -0.3 is 15.5 Å². The first-order chi connectivity index (χ1) is 12.9. The lowest BCUT2D eigenvalue weighted by atomic mass is 10.2. The lowest BCUT2D eigenvalue weighted by Gasteiger charge is -2.25. The standard InChI is InChI=1S/C20H21N3O3S/c1-13-7-9-14(10-8-13)21-18(24)12-23(2)19(25)11-17-20(26)22-15-5-3-4-6-16(15)27-17/h3-10,17H,11-12H2,1-2H3,(H,21,24)(H,22,26). The Labute approximate surface area is 162 Å². The first kappa shape index (κ1) is 19.0. The van der Waals surface area contributed by atoms with E-state index in [1.807, 2.05) is 55.5 Å². The molecule has 1 unspecified atom stereocenters. The molecule has 3 rings (SSSR count). The highest BCUT2D eigenvalue weighted by Gasteiger charge is 2.30. The summed E-state index contributed by atoms with van der Waals surface area (Å²) in [5, 5.41) is 5.08. The van der Waals surface area contributed by atoms with Gasteiger partial charge in [0.25, 0.3) is 0 Å². The van der Waals surface area contributed by atoms with Gasteiger partial charge >= 0.3 is 0 Å². The van der Waals surface area contributed by atoms with Gasteiger partial charge in [0.1, 0.15) is 0 Å². The van der Waals surface area contributed by atoms with E-state index in [1.165, 1.54) is 16.7 Å². The number of nitrogens with zero attached hydrogens (tertiary/aromatic N) is 1. The van der Waals surface area contributed by atoms with Crippen LogP contribution in [0.2, 0.25) is 0 Å². The minimum absolute atomic E-state index is 0.0408. The SMILES string of the molecule is Cc1ccc(NC(=O)CN(C)C(=O)CC2Sc3ccccc3NC2=O)cc1. The fourth-order valence-corrected chi connectivity index (χ4v) is 3.78. The van der Waals surface area contributed by atoms with Gasteiger partial charge in [-0.1, -0.05) is 29.8 Å². The van der Waals surface area contributed by atoms with Gasteiger partial charge in [0.15, 0.2) is 0 Å². The van der Waals surface area contributed by atoms with Crippen LogP contribution in [0.1, 0.15) is 12.0 Å². The number of benzene rings is 2. The van der Waals surface area contributed by atoms with Crippen molar-refractivity contribution in [1.82, 2.24) is 4.90 Å². The first-order valence-electron chi connectivity index (χ1n) is 8.59. The van der Waals surface area contributed by atoms with Crippen LogP contribution < -0.4 is 10.6 Å². The van der Waals surface area contributed by atoms with Gasteiger partial charge in [0.05, 0.1) is 17.5 Å². The Morgan fingerprint density at radius 2 is 1.85 bits per heavy atom. The molecule has 1 atom stereocenters. The van der Waals surface area contributed by atoms with Crippen LogP contribution in [0.25, 0.3) is 0 Å². The average Bonchev–Trinajstić information content (AvgIpc) is 2.64. The Morgan fingerprint density at radius 1 is 1.15 bits per heavy atom.